The number of furan rings is 1. The van der Waals surface area contributed by atoms with E-state index < -0.39 is 5.54 Å². The first-order valence-corrected chi connectivity index (χ1v) is 5.68. The van der Waals surface area contributed by atoms with Crippen LogP contribution in [0.1, 0.15) is 26.0 Å². The molecule has 5 heteroatoms. The van der Waals surface area contributed by atoms with E-state index in [-0.39, 0.29) is 18.4 Å². The molecule has 1 fully saturated rings. The molecule has 5 nitrogen and oxygen atoms in total. The molecule has 92 valence electrons. The quantitative estimate of drug-likeness (QED) is 0.848. The Labute approximate surface area is 99.8 Å². The molecular formula is C12H16N2O3. The summed E-state index contributed by atoms with van der Waals surface area (Å²) in [6.07, 6.45) is 2.13. The summed E-state index contributed by atoms with van der Waals surface area (Å²) >= 11 is 0. The van der Waals surface area contributed by atoms with Crippen molar-refractivity contribution in [3.8, 4) is 0 Å². The highest BCUT2D eigenvalue weighted by Gasteiger charge is 2.41. The highest BCUT2D eigenvalue weighted by molar-refractivity contribution is 5.97. The Morgan fingerprint density at radius 2 is 2.29 bits per heavy atom. The molecule has 0 saturated carbocycles. The van der Waals surface area contributed by atoms with Crippen molar-refractivity contribution in [2.75, 3.05) is 6.54 Å². The van der Waals surface area contributed by atoms with Crippen LogP contribution < -0.4 is 5.32 Å². The number of amides is 2. The fourth-order valence-corrected chi connectivity index (χ4v) is 1.95. The van der Waals surface area contributed by atoms with E-state index in [0.717, 1.165) is 0 Å². The lowest BCUT2D eigenvalue weighted by molar-refractivity contribution is -0.150. The van der Waals surface area contributed by atoms with Crippen molar-refractivity contribution < 1.29 is 14.0 Å². The maximum Gasteiger partial charge on any atom is 0.248 e. The Kier molecular flexibility index (Phi) is 2.92. The normalized spacial score (nSPS) is 24.9. The van der Waals surface area contributed by atoms with Crippen LogP contribution in [0, 0.1) is 0 Å². The predicted octanol–water partition coefficient (Wildman–Crippen LogP) is 0.907. The first kappa shape index (κ1) is 11.7. The van der Waals surface area contributed by atoms with E-state index in [1.54, 1.807) is 25.3 Å². The second kappa shape index (κ2) is 4.24. The SMILES string of the molecule is CCC1(C)NC(=O)CN(Cc2ccco2)C1=O. The highest BCUT2D eigenvalue weighted by Crippen LogP contribution is 2.19. The average Bonchev–Trinajstić information content (AvgIpc) is 2.78. The van der Waals surface area contributed by atoms with Crippen LogP contribution in [0.4, 0.5) is 0 Å². The number of nitrogens with one attached hydrogen (secondary N) is 1. The molecule has 1 unspecified atom stereocenters. The number of piperazine rings is 1. The fraction of sp³-hybridized carbons (Fsp3) is 0.500. The Hall–Kier alpha value is -1.78. The first-order chi connectivity index (χ1) is 8.05. The average molecular weight is 236 g/mol. The van der Waals surface area contributed by atoms with Crippen molar-refractivity contribution in [1.82, 2.24) is 10.2 Å². The van der Waals surface area contributed by atoms with E-state index in [0.29, 0.717) is 18.7 Å². The van der Waals surface area contributed by atoms with Gasteiger partial charge >= 0.3 is 0 Å². The van der Waals surface area contributed by atoms with Crippen molar-refractivity contribution in [3.63, 3.8) is 0 Å². The Balaban J connectivity index is 2.16. The van der Waals surface area contributed by atoms with Gasteiger partial charge in [-0.05, 0) is 25.5 Å². The van der Waals surface area contributed by atoms with Gasteiger partial charge in [0.25, 0.3) is 0 Å². The topological polar surface area (TPSA) is 62.6 Å². The number of rotatable bonds is 3. The molecule has 1 saturated heterocycles. The molecule has 1 aliphatic heterocycles. The molecule has 0 radical (unpaired) electrons. The van der Waals surface area contributed by atoms with Crippen LogP contribution in [0.3, 0.4) is 0 Å². The van der Waals surface area contributed by atoms with Crippen molar-refractivity contribution in [1.29, 1.82) is 0 Å². The standard InChI is InChI=1S/C12H16N2O3/c1-3-12(2)11(16)14(8-10(15)13-12)7-9-5-4-6-17-9/h4-6H,3,7-8H2,1-2H3,(H,13,15). The summed E-state index contributed by atoms with van der Waals surface area (Å²) in [6.45, 7) is 4.07. The van der Waals surface area contributed by atoms with Gasteiger partial charge in [0.2, 0.25) is 11.8 Å². The predicted molar refractivity (Wildman–Crippen MR) is 61.0 cm³/mol. The second-order valence-electron chi connectivity index (χ2n) is 4.47. The molecule has 0 aliphatic carbocycles. The van der Waals surface area contributed by atoms with Gasteiger partial charge in [0, 0.05) is 0 Å². The van der Waals surface area contributed by atoms with Gasteiger partial charge in [0.15, 0.2) is 0 Å². The van der Waals surface area contributed by atoms with E-state index >= 15 is 0 Å². The second-order valence-corrected chi connectivity index (χ2v) is 4.47. The summed E-state index contributed by atoms with van der Waals surface area (Å²) < 4.78 is 5.20. The summed E-state index contributed by atoms with van der Waals surface area (Å²) in [5.74, 6) is 0.503. The highest BCUT2D eigenvalue weighted by atomic mass is 16.3. The Morgan fingerprint density at radius 3 is 2.88 bits per heavy atom. The van der Waals surface area contributed by atoms with Gasteiger partial charge in [-0.15, -0.1) is 0 Å². The lowest BCUT2D eigenvalue weighted by Crippen LogP contribution is -2.64. The molecule has 0 bridgehead atoms. The largest absolute Gasteiger partial charge is 0.467 e. The number of nitrogens with zero attached hydrogens (tertiary/aromatic N) is 1. The molecule has 2 amide bonds. The van der Waals surface area contributed by atoms with Crippen molar-refractivity contribution >= 4 is 11.8 Å². The van der Waals surface area contributed by atoms with Gasteiger partial charge in [-0.25, -0.2) is 0 Å². The van der Waals surface area contributed by atoms with Gasteiger partial charge < -0.3 is 14.6 Å². The van der Waals surface area contributed by atoms with Gasteiger partial charge in [-0.2, -0.15) is 0 Å². The molecular weight excluding hydrogens is 220 g/mol. The molecule has 1 N–H and O–H groups in total. The van der Waals surface area contributed by atoms with Gasteiger partial charge in [-0.3, -0.25) is 9.59 Å². The fourth-order valence-electron chi connectivity index (χ4n) is 1.95. The third kappa shape index (κ3) is 2.18. The van der Waals surface area contributed by atoms with Crippen LogP contribution in [0.5, 0.6) is 0 Å². The maximum atomic E-state index is 12.2. The lowest BCUT2D eigenvalue weighted by atomic mass is 9.94. The van der Waals surface area contributed by atoms with Crippen LogP contribution in [0.25, 0.3) is 0 Å². The minimum Gasteiger partial charge on any atom is -0.467 e. The van der Waals surface area contributed by atoms with E-state index in [4.69, 9.17) is 4.42 Å². The van der Waals surface area contributed by atoms with Crippen molar-refractivity contribution in [3.05, 3.63) is 24.2 Å². The third-order valence-corrected chi connectivity index (χ3v) is 3.14. The smallest absolute Gasteiger partial charge is 0.248 e. The minimum absolute atomic E-state index is 0.0593. The maximum absolute atomic E-state index is 12.2. The van der Waals surface area contributed by atoms with E-state index in [2.05, 4.69) is 5.32 Å². The molecule has 0 aromatic carbocycles. The van der Waals surface area contributed by atoms with E-state index in [1.165, 1.54) is 4.90 Å². The van der Waals surface area contributed by atoms with Crippen LogP contribution in [0.15, 0.2) is 22.8 Å². The first-order valence-electron chi connectivity index (χ1n) is 5.68. The van der Waals surface area contributed by atoms with Crippen LogP contribution in [-0.2, 0) is 16.1 Å². The Morgan fingerprint density at radius 1 is 1.53 bits per heavy atom. The van der Waals surface area contributed by atoms with Crippen LogP contribution >= 0.6 is 0 Å². The minimum atomic E-state index is -0.790. The van der Waals surface area contributed by atoms with E-state index in [1.807, 2.05) is 6.92 Å². The summed E-state index contributed by atoms with van der Waals surface area (Å²) in [6, 6.07) is 3.56. The lowest BCUT2D eigenvalue weighted by Gasteiger charge is -2.38. The zero-order valence-corrected chi connectivity index (χ0v) is 10.0. The third-order valence-electron chi connectivity index (χ3n) is 3.14. The summed E-state index contributed by atoms with van der Waals surface area (Å²) in [5.41, 5.74) is -0.790. The van der Waals surface area contributed by atoms with Gasteiger partial charge in [-0.1, -0.05) is 6.92 Å². The molecule has 2 rings (SSSR count). The molecule has 1 aromatic heterocycles. The summed E-state index contributed by atoms with van der Waals surface area (Å²) in [4.78, 5) is 25.3. The number of carbonyl (C=O) groups is 2. The van der Waals surface area contributed by atoms with Crippen LogP contribution in [0.2, 0.25) is 0 Å². The molecule has 1 aromatic rings. The number of hydrogen-bond donors (Lipinski definition) is 1. The number of carbonyl (C=O) groups excluding carboxylic acids is 2. The zero-order chi connectivity index (χ0) is 12.5. The molecule has 0 spiro atoms. The summed E-state index contributed by atoms with van der Waals surface area (Å²) in [7, 11) is 0. The molecule has 1 aliphatic rings. The molecule has 2 heterocycles. The van der Waals surface area contributed by atoms with E-state index in [9.17, 15) is 9.59 Å². The van der Waals surface area contributed by atoms with Gasteiger partial charge in [0.1, 0.15) is 17.8 Å². The number of hydrogen-bond acceptors (Lipinski definition) is 3. The monoisotopic (exact) mass is 236 g/mol. The van der Waals surface area contributed by atoms with Crippen LogP contribution in [-0.4, -0.2) is 28.8 Å². The van der Waals surface area contributed by atoms with Gasteiger partial charge in [0.05, 0.1) is 12.8 Å². The summed E-state index contributed by atoms with van der Waals surface area (Å²) in [5, 5.41) is 2.74. The van der Waals surface area contributed by atoms with Crippen molar-refractivity contribution in [2.24, 2.45) is 0 Å². The Bertz CT molecular complexity index is 427. The molecule has 1 atom stereocenters. The molecule has 17 heavy (non-hydrogen) atoms. The van der Waals surface area contributed by atoms with Crippen molar-refractivity contribution in [2.45, 2.75) is 32.4 Å². The zero-order valence-electron chi connectivity index (χ0n) is 10.0.